The molecular weight excluding hydrogens is 256 g/mol. The average Bonchev–Trinajstić information content (AvgIpc) is 2.45. The van der Waals surface area contributed by atoms with Crippen molar-refractivity contribution in [1.82, 2.24) is 10.2 Å². The highest BCUT2D eigenvalue weighted by atomic mass is 16.5. The van der Waals surface area contributed by atoms with Gasteiger partial charge in [-0.2, -0.15) is 0 Å². The minimum atomic E-state index is -0.365. The van der Waals surface area contributed by atoms with Crippen LogP contribution in [0.3, 0.4) is 0 Å². The summed E-state index contributed by atoms with van der Waals surface area (Å²) in [5, 5.41) is 2.85. The Labute approximate surface area is 121 Å². The van der Waals surface area contributed by atoms with Crippen LogP contribution in [-0.2, 0) is 14.3 Å². The predicted octanol–water partition coefficient (Wildman–Crippen LogP) is 1.46. The number of nitrogens with zero attached hydrogens (tertiary/aromatic N) is 1. The number of methoxy groups -OCH3 is 1. The molecule has 1 heterocycles. The zero-order valence-electron chi connectivity index (χ0n) is 12.7. The number of nitrogens with one attached hydrogen (secondary N) is 1. The Kier molecular flexibility index (Phi) is 5.02. The van der Waals surface area contributed by atoms with Crippen LogP contribution in [-0.4, -0.2) is 48.1 Å². The maximum absolute atomic E-state index is 12.6. The molecule has 2 rings (SSSR count). The Morgan fingerprint density at radius 2 is 2.10 bits per heavy atom. The van der Waals surface area contributed by atoms with E-state index < -0.39 is 0 Å². The third kappa shape index (κ3) is 2.97. The first kappa shape index (κ1) is 15.3. The molecule has 0 aromatic rings. The molecule has 1 aliphatic carbocycles. The van der Waals surface area contributed by atoms with Gasteiger partial charge in [0.05, 0.1) is 6.10 Å². The zero-order chi connectivity index (χ0) is 14.7. The summed E-state index contributed by atoms with van der Waals surface area (Å²) in [4.78, 5) is 26.6. The molecule has 2 fully saturated rings. The lowest BCUT2D eigenvalue weighted by Crippen LogP contribution is -2.65. The molecule has 114 valence electrons. The van der Waals surface area contributed by atoms with Gasteiger partial charge in [-0.3, -0.25) is 9.59 Å². The highest BCUT2D eigenvalue weighted by Crippen LogP contribution is 2.28. The van der Waals surface area contributed by atoms with Gasteiger partial charge in [0.15, 0.2) is 0 Å². The standard InChI is InChI=1S/C15H26N2O3/c1-4-6-13-15(19)17(10(2)14(18)16-13)11-7-5-8-12(9-11)20-3/h10-13H,4-9H2,1-3H3,(H,16,18). The molecule has 1 N–H and O–H groups in total. The van der Waals surface area contributed by atoms with Crippen LogP contribution in [0.2, 0.25) is 0 Å². The molecule has 4 unspecified atom stereocenters. The molecule has 0 aromatic carbocycles. The van der Waals surface area contributed by atoms with Crippen LogP contribution in [0.15, 0.2) is 0 Å². The molecule has 1 saturated carbocycles. The Bertz CT molecular complexity index is 372. The summed E-state index contributed by atoms with van der Waals surface area (Å²) in [5.74, 6) is 0.0586. The fourth-order valence-corrected chi connectivity index (χ4v) is 3.42. The van der Waals surface area contributed by atoms with Crippen molar-refractivity contribution in [3.05, 3.63) is 0 Å². The maximum Gasteiger partial charge on any atom is 0.246 e. The van der Waals surface area contributed by atoms with E-state index in [9.17, 15) is 9.59 Å². The molecule has 1 saturated heterocycles. The minimum Gasteiger partial charge on any atom is -0.381 e. The third-order valence-corrected chi connectivity index (χ3v) is 4.57. The summed E-state index contributed by atoms with van der Waals surface area (Å²) in [6.07, 6.45) is 5.75. The van der Waals surface area contributed by atoms with E-state index in [1.807, 2.05) is 18.7 Å². The van der Waals surface area contributed by atoms with E-state index in [4.69, 9.17) is 4.74 Å². The van der Waals surface area contributed by atoms with E-state index in [1.165, 1.54) is 0 Å². The van der Waals surface area contributed by atoms with Crippen molar-refractivity contribution in [2.24, 2.45) is 0 Å². The summed E-state index contributed by atoms with van der Waals surface area (Å²) in [6, 6.07) is -0.565. The van der Waals surface area contributed by atoms with E-state index in [0.717, 1.165) is 32.1 Å². The molecular formula is C15H26N2O3. The second kappa shape index (κ2) is 6.57. The molecule has 5 heteroatoms. The summed E-state index contributed by atoms with van der Waals surface area (Å²) in [5.41, 5.74) is 0. The lowest BCUT2D eigenvalue weighted by Gasteiger charge is -2.44. The first-order valence-corrected chi connectivity index (χ1v) is 7.73. The van der Waals surface area contributed by atoms with Gasteiger partial charge < -0.3 is 15.0 Å². The van der Waals surface area contributed by atoms with Crippen LogP contribution in [0.5, 0.6) is 0 Å². The van der Waals surface area contributed by atoms with Crippen molar-refractivity contribution >= 4 is 11.8 Å². The normalized spacial score (nSPS) is 35.0. The first-order valence-electron chi connectivity index (χ1n) is 7.73. The van der Waals surface area contributed by atoms with Crippen molar-refractivity contribution < 1.29 is 14.3 Å². The Morgan fingerprint density at radius 1 is 1.35 bits per heavy atom. The van der Waals surface area contributed by atoms with Crippen LogP contribution >= 0.6 is 0 Å². The second-order valence-corrected chi connectivity index (χ2v) is 5.95. The van der Waals surface area contributed by atoms with E-state index in [0.29, 0.717) is 6.42 Å². The van der Waals surface area contributed by atoms with Gasteiger partial charge in [-0.15, -0.1) is 0 Å². The number of amides is 2. The molecule has 4 atom stereocenters. The van der Waals surface area contributed by atoms with E-state index in [1.54, 1.807) is 7.11 Å². The monoisotopic (exact) mass is 282 g/mol. The highest BCUT2D eigenvalue weighted by Gasteiger charge is 2.42. The number of rotatable bonds is 4. The van der Waals surface area contributed by atoms with Crippen LogP contribution in [0.1, 0.15) is 52.4 Å². The van der Waals surface area contributed by atoms with Gasteiger partial charge in [0, 0.05) is 13.2 Å². The van der Waals surface area contributed by atoms with Crippen molar-refractivity contribution in [3.63, 3.8) is 0 Å². The number of piperazine rings is 1. The molecule has 0 radical (unpaired) electrons. The highest BCUT2D eigenvalue weighted by molar-refractivity contribution is 5.96. The smallest absolute Gasteiger partial charge is 0.246 e. The van der Waals surface area contributed by atoms with Gasteiger partial charge in [-0.25, -0.2) is 0 Å². The van der Waals surface area contributed by atoms with Crippen LogP contribution in [0.4, 0.5) is 0 Å². The van der Waals surface area contributed by atoms with Crippen molar-refractivity contribution in [3.8, 4) is 0 Å². The SMILES string of the molecule is CCCC1NC(=O)C(C)N(C2CCCC(OC)C2)C1=O. The van der Waals surface area contributed by atoms with Crippen LogP contribution < -0.4 is 5.32 Å². The van der Waals surface area contributed by atoms with Gasteiger partial charge in [-0.1, -0.05) is 13.3 Å². The van der Waals surface area contributed by atoms with Gasteiger partial charge in [0.1, 0.15) is 12.1 Å². The lowest BCUT2D eigenvalue weighted by molar-refractivity contribution is -0.153. The van der Waals surface area contributed by atoms with E-state index >= 15 is 0 Å². The number of carbonyl (C=O) groups is 2. The average molecular weight is 282 g/mol. The number of hydrogen-bond donors (Lipinski definition) is 1. The lowest BCUT2D eigenvalue weighted by atomic mass is 9.89. The molecule has 2 aliphatic rings. The van der Waals surface area contributed by atoms with Gasteiger partial charge >= 0.3 is 0 Å². The van der Waals surface area contributed by atoms with E-state index in [2.05, 4.69) is 5.32 Å². The van der Waals surface area contributed by atoms with Gasteiger partial charge in [0.2, 0.25) is 11.8 Å². The largest absolute Gasteiger partial charge is 0.381 e. The Balaban J connectivity index is 2.13. The third-order valence-electron chi connectivity index (χ3n) is 4.57. The molecule has 2 amide bonds. The second-order valence-electron chi connectivity index (χ2n) is 5.95. The fraction of sp³-hybridized carbons (Fsp3) is 0.867. The molecule has 0 aromatic heterocycles. The van der Waals surface area contributed by atoms with E-state index in [-0.39, 0.29) is 36.0 Å². The molecule has 0 bridgehead atoms. The summed E-state index contributed by atoms with van der Waals surface area (Å²) in [7, 11) is 1.72. The Hall–Kier alpha value is -1.10. The minimum absolute atomic E-state index is 0.0254. The predicted molar refractivity (Wildman–Crippen MR) is 76.2 cm³/mol. The van der Waals surface area contributed by atoms with Crippen molar-refractivity contribution in [1.29, 1.82) is 0 Å². The first-order chi connectivity index (χ1) is 9.58. The number of carbonyl (C=O) groups excluding carboxylic acids is 2. The maximum atomic E-state index is 12.6. The zero-order valence-corrected chi connectivity index (χ0v) is 12.7. The topological polar surface area (TPSA) is 58.6 Å². The molecule has 0 spiro atoms. The summed E-state index contributed by atoms with van der Waals surface area (Å²) >= 11 is 0. The van der Waals surface area contributed by atoms with Gasteiger partial charge in [0.25, 0.3) is 0 Å². The van der Waals surface area contributed by atoms with Crippen LogP contribution in [0, 0.1) is 0 Å². The van der Waals surface area contributed by atoms with Crippen LogP contribution in [0.25, 0.3) is 0 Å². The quantitative estimate of drug-likeness (QED) is 0.849. The van der Waals surface area contributed by atoms with Crippen molar-refractivity contribution in [2.75, 3.05) is 7.11 Å². The number of hydrogen-bond acceptors (Lipinski definition) is 3. The molecule has 5 nitrogen and oxygen atoms in total. The number of ether oxygens (including phenoxy) is 1. The molecule has 20 heavy (non-hydrogen) atoms. The Morgan fingerprint density at radius 3 is 2.75 bits per heavy atom. The molecule has 1 aliphatic heterocycles. The summed E-state index contributed by atoms with van der Waals surface area (Å²) in [6.45, 7) is 3.86. The fourth-order valence-electron chi connectivity index (χ4n) is 3.42. The van der Waals surface area contributed by atoms with Crippen molar-refractivity contribution in [2.45, 2.75) is 76.6 Å². The summed E-state index contributed by atoms with van der Waals surface area (Å²) < 4.78 is 5.45. The van der Waals surface area contributed by atoms with Gasteiger partial charge in [-0.05, 0) is 39.0 Å².